The fourth-order valence-electron chi connectivity index (χ4n) is 2.94. The van der Waals surface area contributed by atoms with Crippen molar-refractivity contribution in [2.24, 2.45) is 5.41 Å². The Morgan fingerprint density at radius 3 is 3.00 bits per heavy atom. The van der Waals surface area contributed by atoms with Crippen LogP contribution in [0.1, 0.15) is 57.2 Å². The molecule has 0 aliphatic heterocycles. The fourth-order valence-corrected chi connectivity index (χ4v) is 2.94. The molecule has 2 unspecified atom stereocenters. The minimum absolute atomic E-state index is 0.00986. The van der Waals surface area contributed by atoms with E-state index < -0.39 is 0 Å². The van der Waals surface area contributed by atoms with Gasteiger partial charge in [-0.2, -0.15) is 5.10 Å². The predicted octanol–water partition coefficient (Wildman–Crippen LogP) is 1.74. The van der Waals surface area contributed by atoms with Crippen molar-refractivity contribution in [3.8, 4) is 0 Å². The second-order valence-electron chi connectivity index (χ2n) is 6.90. The summed E-state index contributed by atoms with van der Waals surface area (Å²) < 4.78 is 0. The van der Waals surface area contributed by atoms with E-state index in [4.69, 9.17) is 0 Å². The summed E-state index contributed by atoms with van der Waals surface area (Å²) in [6, 6.07) is -0.181. The van der Waals surface area contributed by atoms with E-state index in [2.05, 4.69) is 36.3 Å². The normalized spacial score (nSPS) is 20.3. The summed E-state index contributed by atoms with van der Waals surface area (Å²) in [5, 5.41) is 19.5. The molecule has 1 aromatic heterocycles. The molecule has 5 nitrogen and oxygen atoms in total. The molecule has 1 aliphatic rings. The zero-order chi connectivity index (χ0) is 14.8. The molecule has 112 valence electrons. The van der Waals surface area contributed by atoms with Gasteiger partial charge < -0.3 is 10.4 Å². The van der Waals surface area contributed by atoms with Crippen molar-refractivity contribution in [1.29, 1.82) is 0 Å². The molecule has 0 bridgehead atoms. The van der Waals surface area contributed by atoms with Crippen molar-refractivity contribution in [1.82, 2.24) is 15.5 Å². The molecule has 0 radical (unpaired) electrons. The zero-order valence-corrected chi connectivity index (χ0v) is 12.6. The molecule has 1 amide bonds. The number of hydrogen-bond acceptors (Lipinski definition) is 3. The van der Waals surface area contributed by atoms with Gasteiger partial charge in [-0.15, -0.1) is 0 Å². The molecule has 2 atom stereocenters. The van der Waals surface area contributed by atoms with Crippen LogP contribution in [-0.2, 0) is 11.2 Å². The van der Waals surface area contributed by atoms with Crippen LogP contribution in [-0.4, -0.2) is 33.9 Å². The Hall–Kier alpha value is -1.36. The summed E-state index contributed by atoms with van der Waals surface area (Å²) in [6.07, 6.45) is 5.34. The highest BCUT2D eigenvalue weighted by atomic mass is 16.3. The molecule has 2 rings (SSSR count). The average molecular weight is 279 g/mol. The molecule has 0 saturated carbocycles. The minimum Gasteiger partial charge on any atom is -0.394 e. The van der Waals surface area contributed by atoms with Crippen LogP contribution < -0.4 is 5.32 Å². The van der Waals surface area contributed by atoms with Crippen molar-refractivity contribution < 1.29 is 9.90 Å². The predicted molar refractivity (Wildman–Crippen MR) is 77.4 cm³/mol. The van der Waals surface area contributed by atoms with Gasteiger partial charge >= 0.3 is 0 Å². The Balaban J connectivity index is 2.02. The second-order valence-corrected chi connectivity index (χ2v) is 6.90. The molecule has 0 fully saturated rings. The zero-order valence-electron chi connectivity index (χ0n) is 12.6. The Labute approximate surface area is 120 Å². The van der Waals surface area contributed by atoms with Gasteiger partial charge in [0.25, 0.3) is 0 Å². The number of aromatic nitrogens is 2. The monoisotopic (exact) mass is 279 g/mol. The number of hydrogen-bond donors (Lipinski definition) is 3. The van der Waals surface area contributed by atoms with E-state index in [-0.39, 0.29) is 29.9 Å². The van der Waals surface area contributed by atoms with E-state index in [9.17, 15) is 9.90 Å². The number of H-pyrrole nitrogens is 1. The van der Waals surface area contributed by atoms with Crippen molar-refractivity contribution in [2.75, 3.05) is 6.61 Å². The van der Waals surface area contributed by atoms with Crippen LogP contribution in [0.15, 0.2) is 6.20 Å². The smallest absolute Gasteiger partial charge is 0.227 e. The van der Waals surface area contributed by atoms with Gasteiger partial charge in [-0.25, -0.2) is 0 Å². The summed E-state index contributed by atoms with van der Waals surface area (Å²) in [5.74, 6) is -0.123. The van der Waals surface area contributed by atoms with Gasteiger partial charge in [0.2, 0.25) is 5.91 Å². The van der Waals surface area contributed by atoms with Crippen LogP contribution in [0.5, 0.6) is 0 Å². The number of aromatic amines is 1. The number of carbonyl (C=O) groups excluding carboxylic acids is 1. The van der Waals surface area contributed by atoms with Gasteiger partial charge in [0.05, 0.1) is 24.8 Å². The standard InChI is InChI=1S/C15H25N3O2/c1-15(2,3)7-10(9-19)17-14(20)11-5-4-6-13-12(11)8-16-18-13/h8,10-11,19H,4-7,9H2,1-3H3,(H,16,18)(H,17,20). The van der Waals surface area contributed by atoms with E-state index in [0.29, 0.717) is 0 Å². The summed E-state index contributed by atoms with van der Waals surface area (Å²) in [4.78, 5) is 12.5. The molecule has 3 N–H and O–H groups in total. The number of amides is 1. The van der Waals surface area contributed by atoms with Gasteiger partial charge in [0.15, 0.2) is 0 Å². The lowest BCUT2D eigenvalue weighted by molar-refractivity contribution is -0.124. The summed E-state index contributed by atoms with van der Waals surface area (Å²) in [7, 11) is 0. The maximum atomic E-state index is 12.5. The number of aliphatic hydroxyl groups excluding tert-OH is 1. The van der Waals surface area contributed by atoms with Gasteiger partial charge in [-0.3, -0.25) is 9.89 Å². The first-order valence-corrected chi connectivity index (χ1v) is 7.34. The molecular weight excluding hydrogens is 254 g/mol. The summed E-state index contributed by atoms with van der Waals surface area (Å²) >= 11 is 0. The molecule has 1 aliphatic carbocycles. The number of aliphatic hydroxyl groups is 1. The molecule has 0 saturated heterocycles. The van der Waals surface area contributed by atoms with Gasteiger partial charge in [0.1, 0.15) is 0 Å². The third kappa shape index (κ3) is 3.60. The molecule has 5 heteroatoms. The second kappa shape index (κ2) is 5.95. The quantitative estimate of drug-likeness (QED) is 0.785. The maximum absolute atomic E-state index is 12.5. The molecule has 0 aromatic carbocycles. The van der Waals surface area contributed by atoms with E-state index in [1.807, 2.05) is 0 Å². The van der Waals surface area contributed by atoms with Gasteiger partial charge in [-0.05, 0) is 31.1 Å². The number of nitrogens with zero attached hydrogens (tertiary/aromatic N) is 1. The molecular formula is C15H25N3O2. The van der Waals surface area contributed by atoms with Crippen LogP contribution in [0.3, 0.4) is 0 Å². The van der Waals surface area contributed by atoms with Gasteiger partial charge in [0, 0.05) is 11.3 Å². The van der Waals surface area contributed by atoms with Crippen LogP contribution in [0, 0.1) is 5.41 Å². The first kappa shape index (κ1) is 15.0. The van der Waals surface area contributed by atoms with Crippen molar-refractivity contribution in [3.05, 3.63) is 17.5 Å². The lowest BCUT2D eigenvalue weighted by Crippen LogP contribution is -2.42. The van der Waals surface area contributed by atoms with E-state index in [1.165, 1.54) is 0 Å². The SMILES string of the molecule is CC(C)(C)CC(CO)NC(=O)C1CCCc2[nH]ncc21. The molecule has 0 spiro atoms. The van der Waals surface area contributed by atoms with Crippen LogP contribution in [0.2, 0.25) is 0 Å². The lowest BCUT2D eigenvalue weighted by Gasteiger charge is -2.28. The summed E-state index contributed by atoms with van der Waals surface area (Å²) in [6.45, 7) is 6.30. The Kier molecular flexibility index (Phi) is 4.48. The third-order valence-electron chi connectivity index (χ3n) is 3.79. The topological polar surface area (TPSA) is 78.0 Å². The lowest BCUT2D eigenvalue weighted by atomic mass is 9.85. The van der Waals surface area contributed by atoms with Crippen molar-refractivity contribution in [3.63, 3.8) is 0 Å². The minimum atomic E-state index is -0.181. The molecule has 1 heterocycles. The Morgan fingerprint density at radius 1 is 1.60 bits per heavy atom. The van der Waals surface area contributed by atoms with Crippen molar-refractivity contribution >= 4 is 5.91 Å². The first-order valence-electron chi connectivity index (χ1n) is 7.34. The first-order chi connectivity index (χ1) is 9.40. The number of rotatable bonds is 4. The van der Waals surface area contributed by atoms with E-state index in [0.717, 1.165) is 36.9 Å². The van der Waals surface area contributed by atoms with E-state index in [1.54, 1.807) is 6.20 Å². The Bertz CT molecular complexity index is 462. The number of fused-ring (bicyclic) bond motifs is 1. The summed E-state index contributed by atoms with van der Waals surface area (Å²) in [5.41, 5.74) is 2.17. The highest BCUT2D eigenvalue weighted by Crippen LogP contribution is 2.30. The van der Waals surface area contributed by atoms with Crippen LogP contribution in [0.25, 0.3) is 0 Å². The number of aryl methyl sites for hydroxylation is 1. The molecule has 1 aromatic rings. The highest BCUT2D eigenvalue weighted by molar-refractivity contribution is 5.84. The third-order valence-corrected chi connectivity index (χ3v) is 3.79. The molecule has 20 heavy (non-hydrogen) atoms. The van der Waals surface area contributed by atoms with Gasteiger partial charge in [-0.1, -0.05) is 20.8 Å². The maximum Gasteiger partial charge on any atom is 0.227 e. The van der Waals surface area contributed by atoms with E-state index >= 15 is 0 Å². The number of nitrogens with one attached hydrogen (secondary N) is 2. The highest BCUT2D eigenvalue weighted by Gasteiger charge is 2.30. The van der Waals surface area contributed by atoms with Crippen LogP contribution in [0.4, 0.5) is 0 Å². The largest absolute Gasteiger partial charge is 0.394 e. The van der Waals surface area contributed by atoms with Crippen LogP contribution >= 0.6 is 0 Å². The average Bonchev–Trinajstić information content (AvgIpc) is 2.84. The van der Waals surface area contributed by atoms with Crippen molar-refractivity contribution in [2.45, 2.75) is 58.4 Å². The fraction of sp³-hybridized carbons (Fsp3) is 0.733. The number of carbonyl (C=O) groups is 1. The Morgan fingerprint density at radius 2 is 2.35 bits per heavy atom.